The molecule has 0 aliphatic rings. The molecule has 0 saturated heterocycles. The number of anilines is 1. The summed E-state index contributed by atoms with van der Waals surface area (Å²) >= 11 is 6.14. The number of aromatic nitrogens is 1. The minimum Gasteiger partial charge on any atom is -0.508 e. The standard InChI is InChI=1S/C23H19ClN2O4S/c1-13-9-14(2)11-18(10-13)31(29,30)22-19-12-15(24)3-8-20(19)26-21(22)23(28)25-16-4-6-17(27)7-5-16/h3-12,26-27H,1-2H3,(H,25,28). The summed E-state index contributed by atoms with van der Waals surface area (Å²) in [6.07, 6.45) is 0. The molecule has 0 radical (unpaired) electrons. The number of carbonyl (C=O) groups excluding carboxylic acids is 1. The van der Waals surface area contributed by atoms with Crippen LogP contribution in [0.1, 0.15) is 21.6 Å². The molecule has 1 amide bonds. The van der Waals surface area contributed by atoms with Gasteiger partial charge in [0.1, 0.15) is 16.3 Å². The lowest BCUT2D eigenvalue weighted by atomic mass is 10.2. The third kappa shape index (κ3) is 4.02. The van der Waals surface area contributed by atoms with Crippen LogP contribution in [0.4, 0.5) is 5.69 Å². The summed E-state index contributed by atoms with van der Waals surface area (Å²) in [5.41, 5.74) is 2.39. The number of fused-ring (bicyclic) bond motifs is 1. The van der Waals surface area contributed by atoms with Crippen LogP contribution in [0.3, 0.4) is 0 Å². The summed E-state index contributed by atoms with van der Waals surface area (Å²) in [4.78, 5) is 16.0. The molecule has 0 aliphatic carbocycles. The average Bonchev–Trinajstić information content (AvgIpc) is 3.08. The lowest BCUT2D eigenvalue weighted by Gasteiger charge is -2.10. The smallest absolute Gasteiger partial charge is 0.273 e. The fraction of sp³-hybridized carbons (Fsp3) is 0.0870. The van der Waals surface area contributed by atoms with E-state index in [-0.39, 0.29) is 21.2 Å². The Labute approximate surface area is 184 Å². The fourth-order valence-corrected chi connectivity index (χ4v) is 5.48. The second kappa shape index (κ2) is 7.76. The number of benzene rings is 3. The van der Waals surface area contributed by atoms with Gasteiger partial charge >= 0.3 is 0 Å². The summed E-state index contributed by atoms with van der Waals surface area (Å²) in [5.74, 6) is -0.572. The largest absolute Gasteiger partial charge is 0.508 e. The number of nitrogens with one attached hydrogen (secondary N) is 2. The van der Waals surface area contributed by atoms with Gasteiger partial charge in [0.25, 0.3) is 5.91 Å². The molecule has 0 bridgehead atoms. The van der Waals surface area contributed by atoms with Gasteiger partial charge in [0.05, 0.1) is 4.90 Å². The molecule has 0 aliphatic heterocycles. The maximum atomic E-state index is 13.7. The summed E-state index contributed by atoms with van der Waals surface area (Å²) in [6, 6.07) is 15.7. The molecule has 0 unspecified atom stereocenters. The highest BCUT2D eigenvalue weighted by Gasteiger charge is 2.30. The number of H-pyrrole nitrogens is 1. The van der Waals surface area contributed by atoms with Crippen LogP contribution in [-0.4, -0.2) is 24.4 Å². The molecule has 0 spiro atoms. The van der Waals surface area contributed by atoms with E-state index < -0.39 is 15.7 Å². The van der Waals surface area contributed by atoms with Gasteiger partial charge in [-0.1, -0.05) is 17.7 Å². The first kappa shape index (κ1) is 21.0. The first-order valence-corrected chi connectivity index (χ1v) is 11.3. The molecule has 0 fully saturated rings. The second-order valence-corrected chi connectivity index (χ2v) is 9.67. The quantitative estimate of drug-likeness (QED) is 0.368. The molecule has 4 rings (SSSR count). The molecular weight excluding hydrogens is 436 g/mol. The van der Waals surface area contributed by atoms with Crippen LogP contribution in [-0.2, 0) is 9.84 Å². The lowest BCUT2D eigenvalue weighted by molar-refractivity contribution is 0.102. The number of rotatable bonds is 4. The number of amides is 1. The molecular formula is C23H19ClN2O4S. The minimum absolute atomic E-state index is 0.0522. The molecule has 6 nitrogen and oxygen atoms in total. The van der Waals surface area contributed by atoms with Crippen molar-refractivity contribution < 1.29 is 18.3 Å². The van der Waals surface area contributed by atoms with Gasteiger partial charge in [-0.2, -0.15) is 0 Å². The van der Waals surface area contributed by atoms with Crippen molar-refractivity contribution in [3.8, 4) is 5.75 Å². The minimum atomic E-state index is -4.05. The van der Waals surface area contributed by atoms with Crippen LogP contribution in [0.2, 0.25) is 5.02 Å². The van der Waals surface area contributed by atoms with Gasteiger partial charge in [-0.3, -0.25) is 4.79 Å². The molecule has 3 N–H and O–H groups in total. The van der Waals surface area contributed by atoms with Crippen molar-refractivity contribution in [1.29, 1.82) is 0 Å². The number of phenolic OH excluding ortho intramolecular Hbond substituents is 1. The first-order chi connectivity index (χ1) is 14.6. The Morgan fingerprint density at radius 1 is 0.968 bits per heavy atom. The van der Waals surface area contributed by atoms with E-state index in [1.165, 1.54) is 30.3 Å². The van der Waals surface area contributed by atoms with E-state index in [0.29, 0.717) is 21.6 Å². The number of hydrogen-bond donors (Lipinski definition) is 3. The van der Waals surface area contributed by atoms with Crippen molar-refractivity contribution in [2.75, 3.05) is 5.32 Å². The SMILES string of the molecule is Cc1cc(C)cc(S(=O)(=O)c2c(C(=O)Nc3ccc(O)cc3)[nH]c3ccc(Cl)cc23)c1. The molecule has 8 heteroatoms. The normalized spacial score (nSPS) is 11.6. The van der Waals surface area contributed by atoms with E-state index in [0.717, 1.165) is 11.1 Å². The number of aryl methyl sites for hydroxylation is 2. The van der Waals surface area contributed by atoms with Crippen LogP contribution < -0.4 is 5.32 Å². The van der Waals surface area contributed by atoms with Crippen LogP contribution >= 0.6 is 11.6 Å². The number of aromatic amines is 1. The summed E-state index contributed by atoms with van der Waals surface area (Å²) < 4.78 is 27.3. The number of aromatic hydroxyl groups is 1. The van der Waals surface area contributed by atoms with Gasteiger partial charge in [0, 0.05) is 21.6 Å². The first-order valence-electron chi connectivity index (χ1n) is 9.40. The van der Waals surface area contributed by atoms with E-state index in [1.807, 2.05) is 19.9 Å². The topological polar surface area (TPSA) is 99.3 Å². The zero-order valence-corrected chi connectivity index (χ0v) is 18.3. The zero-order chi connectivity index (χ0) is 22.3. The van der Waals surface area contributed by atoms with Crippen LogP contribution in [0.15, 0.2) is 70.5 Å². The number of sulfone groups is 1. The Bertz CT molecular complexity index is 1400. The lowest BCUT2D eigenvalue weighted by Crippen LogP contribution is -2.16. The number of phenols is 1. The van der Waals surface area contributed by atoms with E-state index in [1.54, 1.807) is 24.3 Å². The molecule has 31 heavy (non-hydrogen) atoms. The number of halogens is 1. The van der Waals surface area contributed by atoms with Gasteiger partial charge < -0.3 is 15.4 Å². The van der Waals surface area contributed by atoms with Crippen LogP contribution in [0.5, 0.6) is 5.75 Å². The highest BCUT2D eigenvalue weighted by molar-refractivity contribution is 7.91. The van der Waals surface area contributed by atoms with Crippen molar-refractivity contribution in [3.05, 3.63) is 82.5 Å². The Kier molecular flexibility index (Phi) is 5.24. The molecule has 158 valence electrons. The maximum Gasteiger partial charge on any atom is 0.273 e. The zero-order valence-electron chi connectivity index (χ0n) is 16.7. The molecule has 0 atom stereocenters. The average molecular weight is 455 g/mol. The maximum absolute atomic E-state index is 13.7. The fourth-order valence-electron chi connectivity index (χ4n) is 3.52. The Morgan fingerprint density at radius 2 is 1.61 bits per heavy atom. The number of carbonyl (C=O) groups is 1. The van der Waals surface area contributed by atoms with Gasteiger partial charge in [-0.15, -0.1) is 0 Å². The van der Waals surface area contributed by atoms with Crippen LogP contribution in [0.25, 0.3) is 10.9 Å². The van der Waals surface area contributed by atoms with Gasteiger partial charge in [-0.05, 0) is 79.6 Å². The highest BCUT2D eigenvalue weighted by Crippen LogP contribution is 2.34. The van der Waals surface area contributed by atoms with E-state index >= 15 is 0 Å². The Morgan fingerprint density at radius 3 is 2.26 bits per heavy atom. The molecule has 1 heterocycles. The molecule has 4 aromatic rings. The highest BCUT2D eigenvalue weighted by atomic mass is 35.5. The van der Waals surface area contributed by atoms with Gasteiger partial charge in [0.15, 0.2) is 0 Å². The van der Waals surface area contributed by atoms with Crippen molar-refractivity contribution in [3.63, 3.8) is 0 Å². The summed E-state index contributed by atoms with van der Waals surface area (Å²) in [7, 11) is -4.05. The van der Waals surface area contributed by atoms with Crippen LogP contribution in [0, 0.1) is 13.8 Å². The third-order valence-corrected chi connectivity index (χ3v) is 6.89. The molecule has 1 aromatic heterocycles. The van der Waals surface area contributed by atoms with E-state index in [2.05, 4.69) is 10.3 Å². The summed E-state index contributed by atoms with van der Waals surface area (Å²) in [6.45, 7) is 3.63. The molecule has 3 aromatic carbocycles. The third-order valence-electron chi connectivity index (χ3n) is 4.84. The van der Waals surface area contributed by atoms with E-state index in [4.69, 9.17) is 11.6 Å². The Hall–Kier alpha value is -3.29. The van der Waals surface area contributed by atoms with Crippen molar-refractivity contribution in [2.45, 2.75) is 23.6 Å². The van der Waals surface area contributed by atoms with E-state index in [9.17, 15) is 18.3 Å². The van der Waals surface area contributed by atoms with Gasteiger partial charge in [0.2, 0.25) is 9.84 Å². The Balaban J connectivity index is 1.91. The second-order valence-electron chi connectivity index (χ2n) is 7.35. The van der Waals surface area contributed by atoms with Crippen molar-refractivity contribution in [1.82, 2.24) is 4.98 Å². The number of hydrogen-bond acceptors (Lipinski definition) is 4. The molecule has 0 saturated carbocycles. The predicted molar refractivity (Wildman–Crippen MR) is 121 cm³/mol. The monoisotopic (exact) mass is 454 g/mol. The van der Waals surface area contributed by atoms with Crippen molar-refractivity contribution in [2.24, 2.45) is 0 Å². The van der Waals surface area contributed by atoms with Crippen molar-refractivity contribution >= 4 is 43.9 Å². The predicted octanol–water partition coefficient (Wildman–Crippen LogP) is 5.23. The van der Waals surface area contributed by atoms with Gasteiger partial charge in [-0.25, -0.2) is 8.42 Å². The summed E-state index contributed by atoms with van der Waals surface area (Å²) in [5, 5.41) is 12.8.